The Hall–Kier alpha value is -0.300. The molecule has 5 nitrogen and oxygen atoms in total. The van der Waals surface area contributed by atoms with Gasteiger partial charge >= 0.3 is 5.97 Å². The smallest absolute Gasteiger partial charge is 0.347 e. The molecule has 10 heavy (non-hydrogen) atoms. The average Bonchev–Trinajstić information content (AvgIpc) is 1.84. The highest BCUT2D eigenvalue weighted by molar-refractivity contribution is 7.99. The van der Waals surface area contributed by atoms with Gasteiger partial charge in [-0.3, -0.25) is 4.84 Å². The van der Waals surface area contributed by atoms with Crippen LogP contribution in [0.2, 0.25) is 0 Å². The number of aliphatic carboxylic acids is 1. The average molecular weight is 167 g/mol. The van der Waals surface area contributed by atoms with Crippen molar-refractivity contribution < 1.29 is 19.8 Å². The van der Waals surface area contributed by atoms with Crippen molar-refractivity contribution in [3.8, 4) is 0 Å². The van der Waals surface area contributed by atoms with E-state index in [1.165, 1.54) is 7.11 Å². The van der Waals surface area contributed by atoms with Gasteiger partial charge in [0.1, 0.15) is 0 Å². The highest BCUT2D eigenvalue weighted by Gasteiger charge is 2.30. The van der Waals surface area contributed by atoms with Crippen LogP contribution >= 0.6 is 11.9 Å². The summed E-state index contributed by atoms with van der Waals surface area (Å²) in [6, 6.07) is 0. The minimum atomic E-state index is -1.85. The van der Waals surface area contributed by atoms with Gasteiger partial charge in [-0.25, -0.2) is 4.79 Å². The molecular formula is C4H9NO4S. The molecular weight excluding hydrogens is 158 g/mol. The van der Waals surface area contributed by atoms with Gasteiger partial charge in [-0.05, 0) is 18.9 Å². The Kier molecular flexibility index (Phi) is 3.66. The number of hydrogen-bond donors (Lipinski definition) is 3. The lowest BCUT2D eigenvalue weighted by Gasteiger charge is -2.15. The Morgan fingerprint density at radius 2 is 2.30 bits per heavy atom. The summed E-state index contributed by atoms with van der Waals surface area (Å²) in [5, 5.41) is 17.2. The lowest BCUT2D eigenvalue weighted by Crippen LogP contribution is -2.33. The zero-order valence-electron chi connectivity index (χ0n) is 5.62. The summed E-state index contributed by atoms with van der Waals surface area (Å²) in [4.78, 5) is 14.8. The number of hydrogen-bond acceptors (Lipinski definition) is 5. The van der Waals surface area contributed by atoms with Crippen molar-refractivity contribution in [1.82, 2.24) is 4.89 Å². The van der Waals surface area contributed by atoms with Crippen molar-refractivity contribution in [3.63, 3.8) is 0 Å². The summed E-state index contributed by atoms with van der Waals surface area (Å²) in [7, 11) is 1.32. The zero-order chi connectivity index (χ0) is 8.20. The molecule has 0 radical (unpaired) electrons. The lowest BCUT2D eigenvalue weighted by molar-refractivity contribution is -0.148. The molecule has 0 aliphatic carbocycles. The maximum Gasteiger partial charge on any atom is 0.347 e. The lowest BCUT2D eigenvalue weighted by atomic mass is 10.4. The summed E-state index contributed by atoms with van der Waals surface area (Å²) < 4.78 is 0. The van der Waals surface area contributed by atoms with E-state index in [9.17, 15) is 4.79 Å². The first-order chi connectivity index (χ1) is 4.50. The van der Waals surface area contributed by atoms with E-state index < -0.39 is 10.9 Å². The summed E-state index contributed by atoms with van der Waals surface area (Å²) >= 11 is 0.571. The molecule has 0 saturated heterocycles. The van der Waals surface area contributed by atoms with Crippen molar-refractivity contribution in [1.29, 1.82) is 0 Å². The van der Waals surface area contributed by atoms with Crippen molar-refractivity contribution in [2.24, 2.45) is 0 Å². The molecule has 0 heterocycles. The Labute approximate surface area is 62.5 Å². The largest absolute Gasteiger partial charge is 0.478 e. The van der Waals surface area contributed by atoms with Crippen molar-refractivity contribution in [3.05, 3.63) is 0 Å². The van der Waals surface area contributed by atoms with Crippen LogP contribution in [-0.2, 0) is 9.63 Å². The SMILES string of the molecule is CONSC(C)(O)C(=O)O. The van der Waals surface area contributed by atoms with E-state index >= 15 is 0 Å². The molecule has 0 spiro atoms. The highest BCUT2D eigenvalue weighted by atomic mass is 32.2. The molecule has 0 aliphatic heterocycles. The van der Waals surface area contributed by atoms with Gasteiger partial charge < -0.3 is 10.2 Å². The molecule has 0 aromatic heterocycles. The van der Waals surface area contributed by atoms with Crippen LogP contribution in [0.1, 0.15) is 6.92 Å². The van der Waals surface area contributed by atoms with Crippen LogP contribution in [0.15, 0.2) is 0 Å². The number of carboxylic acids is 1. The maximum absolute atomic E-state index is 10.2. The molecule has 0 fully saturated rings. The summed E-state index contributed by atoms with van der Waals surface area (Å²) in [6.45, 7) is 1.14. The zero-order valence-corrected chi connectivity index (χ0v) is 6.44. The van der Waals surface area contributed by atoms with E-state index in [4.69, 9.17) is 10.2 Å². The van der Waals surface area contributed by atoms with Crippen LogP contribution in [-0.4, -0.2) is 28.2 Å². The van der Waals surface area contributed by atoms with E-state index in [1.54, 1.807) is 0 Å². The Balaban J connectivity index is 3.75. The normalized spacial score (nSPS) is 16.3. The molecule has 0 amide bonds. The predicted molar refractivity (Wildman–Crippen MR) is 36.0 cm³/mol. The van der Waals surface area contributed by atoms with Gasteiger partial charge in [0.2, 0.25) is 4.93 Å². The molecule has 0 aromatic carbocycles. The maximum atomic E-state index is 10.2. The van der Waals surface area contributed by atoms with Crippen LogP contribution in [0.5, 0.6) is 0 Å². The summed E-state index contributed by atoms with van der Waals surface area (Å²) in [5.74, 6) is -1.32. The van der Waals surface area contributed by atoms with E-state index in [-0.39, 0.29) is 0 Å². The third-order valence-electron chi connectivity index (χ3n) is 0.721. The molecule has 0 rings (SSSR count). The second kappa shape index (κ2) is 3.77. The fourth-order valence-corrected chi connectivity index (χ4v) is 0.499. The predicted octanol–water partition coefficient (Wildman–Crippen LogP) is -0.421. The second-order valence-electron chi connectivity index (χ2n) is 1.68. The Bertz CT molecular complexity index is 126. The number of carboxylic acid groups (broad SMARTS) is 1. The number of nitrogens with one attached hydrogen (secondary N) is 1. The third kappa shape index (κ3) is 3.02. The molecule has 0 aliphatic rings. The van der Waals surface area contributed by atoms with Crippen molar-refractivity contribution in [2.75, 3.05) is 7.11 Å². The Morgan fingerprint density at radius 1 is 1.80 bits per heavy atom. The van der Waals surface area contributed by atoms with Crippen molar-refractivity contribution in [2.45, 2.75) is 11.9 Å². The van der Waals surface area contributed by atoms with Gasteiger partial charge in [0.05, 0.1) is 7.11 Å². The topological polar surface area (TPSA) is 78.8 Å². The van der Waals surface area contributed by atoms with Crippen LogP contribution in [0.4, 0.5) is 0 Å². The minimum Gasteiger partial charge on any atom is -0.478 e. The number of aliphatic hydroxyl groups is 1. The molecule has 3 N–H and O–H groups in total. The first-order valence-electron chi connectivity index (χ1n) is 2.42. The van der Waals surface area contributed by atoms with E-state index in [0.29, 0.717) is 11.9 Å². The fourth-order valence-electron chi connectivity index (χ4n) is 0.166. The van der Waals surface area contributed by atoms with Gasteiger partial charge in [-0.15, -0.1) is 4.89 Å². The van der Waals surface area contributed by atoms with Crippen LogP contribution in [0, 0.1) is 0 Å². The molecule has 1 atom stereocenters. The standard InChI is InChI=1S/C4H9NO4S/c1-4(8,3(6)7)10-5-9-2/h5,8H,1-2H3,(H,6,7). The number of carbonyl (C=O) groups is 1. The van der Waals surface area contributed by atoms with Gasteiger partial charge in [-0.1, -0.05) is 0 Å². The summed E-state index contributed by atoms with van der Waals surface area (Å²) in [5.41, 5.74) is 0. The first kappa shape index (κ1) is 9.70. The summed E-state index contributed by atoms with van der Waals surface area (Å²) in [6.07, 6.45) is 0. The molecule has 0 bridgehead atoms. The monoisotopic (exact) mass is 167 g/mol. The Morgan fingerprint density at radius 3 is 2.60 bits per heavy atom. The minimum absolute atomic E-state index is 0.571. The molecule has 0 aromatic rings. The van der Waals surface area contributed by atoms with Gasteiger partial charge in [0.15, 0.2) is 0 Å². The van der Waals surface area contributed by atoms with Gasteiger partial charge in [-0.2, -0.15) is 0 Å². The molecule has 6 heteroatoms. The quantitative estimate of drug-likeness (QED) is 0.300. The first-order valence-corrected chi connectivity index (χ1v) is 3.24. The highest BCUT2D eigenvalue weighted by Crippen LogP contribution is 2.17. The second-order valence-corrected chi connectivity index (χ2v) is 2.84. The molecule has 1 unspecified atom stereocenters. The van der Waals surface area contributed by atoms with Crippen molar-refractivity contribution >= 4 is 17.9 Å². The van der Waals surface area contributed by atoms with Gasteiger partial charge in [0, 0.05) is 0 Å². The van der Waals surface area contributed by atoms with Gasteiger partial charge in [0.25, 0.3) is 0 Å². The third-order valence-corrected chi connectivity index (χ3v) is 1.54. The molecule has 0 saturated carbocycles. The van der Waals surface area contributed by atoms with Crippen LogP contribution in [0.3, 0.4) is 0 Å². The van der Waals surface area contributed by atoms with Crippen LogP contribution in [0.25, 0.3) is 0 Å². The van der Waals surface area contributed by atoms with Crippen LogP contribution < -0.4 is 4.89 Å². The molecule has 60 valence electrons. The number of rotatable bonds is 4. The van der Waals surface area contributed by atoms with E-state index in [2.05, 4.69) is 9.72 Å². The van der Waals surface area contributed by atoms with E-state index in [1.807, 2.05) is 0 Å². The fraction of sp³-hybridized carbons (Fsp3) is 0.750. The van der Waals surface area contributed by atoms with E-state index in [0.717, 1.165) is 6.92 Å².